The number of carbonyl (C=O) groups excluding carboxylic acids is 2. The van der Waals surface area contributed by atoms with Crippen molar-refractivity contribution in [1.29, 1.82) is 0 Å². The second-order valence-electron chi connectivity index (χ2n) is 6.17. The third-order valence-corrected chi connectivity index (χ3v) is 4.83. The van der Waals surface area contributed by atoms with Crippen molar-refractivity contribution in [2.75, 3.05) is 11.9 Å². The summed E-state index contributed by atoms with van der Waals surface area (Å²) in [5.41, 5.74) is 8.35. The number of amides is 1. The minimum absolute atomic E-state index is 0.0155. The van der Waals surface area contributed by atoms with E-state index in [1.165, 1.54) is 0 Å². The Balaban J connectivity index is 1.74. The molecular formula is C17H22N2O2. The Hall–Kier alpha value is -1.68. The van der Waals surface area contributed by atoms with Gasteiger partial charge in [0, 0.05) is 23.6 Å². The topological polar surface area (TPSA) is 72.2 Å². The highest BCUT2D eigenvalue weighted by Crippen LogP contribution is 2.32. The molecule has 1 amide bonds. The number of Topliss-reactive ketones (excluding diaryl/α,β-unsaturated/α-hetero) is 1. The molecule has 0 unspecified atom stereocenters. The number of benzene rings is 1. The molecule has 1 fully saturated rings. The van der Waals surface area contributed by atoms with Crippen LogP contribution in [0.5, 0.6) is 0 Å². The van der Waals surface area contributed by atoms with Crippen LogP contribution in [0.1, 0.15) is 48.0 Å². The fourth-order valence-corrected chi connectivity index (χ4v) is 3.60. The van der Waals surface area contributed by atoms with E-state index in [-0.39, 0.29) is 17.6 Å². The molecule has 0 aromatic heterocycles. The lowest BCUT2D eigenvalue weighted by Crippen LogP contribution is -2.29. The van der Waals surface area contributed by atoms with Crippen LogP contribution in [0, 0.1) is 11.8 Å². The summed E-state index contributed by atoms with van der Waals surface area (Å²) in [4.78, 5) is 24.3. The SMILES string of the molecule is NC[C@H]1CCC[C@H]1C(=O)Nc1ccc2c(c1)C(=O)CCC2. The van der Waals surface area contributed by atoms with Crippen LogP contribution in [-0.4, -0.2) is 18.2 Å². The van der Waals surface area contributed by atoms with Gasteiger partial charge >= 0.3 is 0 Å². The second kappa shape index (κ2) is 5.98. The summed E-state index contributed by atoms with van der Waals surface area (Å²) >= 11 is 0. The summed E-state index contributed by atoms with van der Waals surface area (Å²) < 4.78 is 0. The van der Waals surface area contributed by atoms with E-state index >= 15 is 0 Å². The van der Waals surface area contributed by atoms with Crippen molar-refractivity contribution >= 4 is 17.4 Å². The number of carbonyl (C=O) groups is 2. The lowest BCUT2D eigenvalue weighted by Gasteiger charge is -2.19. The Morgan fingerprint density at radius 1 is 1.24 bits per heavy atom. The van der Waals surface area contributed by atoms with E-state index in [9.17, 15) is 9.59 Å². The lowest BCUT2D eigenvalue weighted by molar-refractivity contribution is -0.120. The normalized spacial score (nSPS) is 24.7. The largest absolute Gasteiger partial charge is 0.330 e. The molecule has 0 bridgehead atoms. The summed E-state index contributed by atoms with van der Waals surface area (Å²) in [6.45, 7) is 0.570. The number of hydrogen-bond acceptors (Lipinski definition) is 3. The van der Waals surface area contributed by atoms with E-state index in [1.807, 2.05) is 18.2 Å². The second-order valence-corrected chi connectivity index (χ2v) is 6.17. The molecule has 4 heteroatoms. The molecule has 4 nitrogen and oxygen atoms in total. The van der Waals surface area contributed by atoms with Crippen LogP contribution in [0.15, 0.2) is 18.2 Å². The van der Waals surface area contributed by atoms with E-state index in [1.54, 1.807) is 0 Å². The fourth-order valence-electron chi connectivity index (χ4n) is 3.60. The van der Waals surface area contributed by atoms with Gasteiger partial charge in [-0.2, -0.15) is 0 Å². The summed E-state index contributed by atoms with van der Waals surface area (Å²) in [6, 6.07) is 5.71. The maximum absolute atomic E-state index is 12.4. The molecule has 2 aliphatic rings. The molecule has 112 valence electrons. The van der Waals surface area contributed by atoms with Crippen LogP contribution in [-0.2, 0) is 11.2 Å². The monoisotopic (exact) mass is 286 g/mol. The van der Waals surface area contributed by atoms with Gasteiger partial charge in [-0.05, 0) is 55.8 Å². The molecular weight excluding hydrogens is 264 g/mol. The molecule has 1 aromatic rings. The number of anilines is 1. The average molecular weight is 286 g/mol. The minimum Gasteiger partial charge on any atom is -0.330 e. The molecule has 0 aliphatic heterocycles. The zero-order chi connectivity index (χ0) is 14.8. The van der Waals surface area contributed by atoms with E-state index < -0.39 is 0 Å². The van der Waals surface area contributed by atoms with Gasteiger partial charge in [0.15, 0.2) is 5.78 Å². The smallest absolute Gasteiger partial charge is 0.227 e. The third kappa shape index (κ3) is 2.86. The standard InChI is InChI=1S/C17H22N2O2/c18-10-12-4-1-5-14(12)17(21)19-13-8-7-11-3-2-6-16(20)15(11)9-13/h7-9,12,14H,1-6,10,18H2,(H,19,21)/t12-,14-/m1/s1. The Morgan fingerprint density at radius 2 is 2.10 bits per heavy atom. The van der Waals surface area contributed by atoms with Crippen LogP contribution >= 0.6 is 0 Å². The number of hydrogen-bond donors (Lipinski definition) is 2. The van der Waals surface area contributed by atoms with Crippen molar-refractivity contribution in [3.05, 3.63) is 29.3 Å². The number of fused-ring (bicyclic) bond motifs is 1. The number of rotatable bonds is 3. The summed E-state index contributed by atoms with van der Waals surface area (Å²) in [6.07, 6.45) is 5.52. The zero-order valence-electron chi connectivity index (χ0n) is 12.2. The van der Waals surface area contributed by atoms with Crippen LogP contribution in [0.4, 0.5) is 5.69 Å². The lowest BCUT2D eigenvalue weighted by atomic mass is 9.90. The number of ketones is 1. The average Bonchev–Trinajstić information content (AvgIpc) is 2.97. The fraction of sp³-hybridized carbons (Fsp3) is 0.529. The van der Waals surface area contributed by atoms with Crippen LogP contribution in [0.2, 0.25) is 0 Å². The van der Waals surface area contributed by atoms with Crippen LogP contribution in [0.3, 0.4) is 0 Å². The first-order chi connectivity index (χ1) is 10.2. The first-order valence-corrected chi connectivity index (χ1v) is 7.86. The summed E-state index contributed by atoms with van der Waals surface area (Å²) in [7, 11) is 0. The molecule has 1 aromatic carbocycles. The Labute approximate surface area is 125 Å². The number of aryl methyl sites for hydroxylation is 1. The molecule has 1 saturated carbocycles. The predicted molar refractivity (Wildman–Crippen MR) is 82.2 cm³/mol. The molecule has 2 aliphatic carbocycles. The zero-order valence-corrected chi connectivity index (χ0v) is 12.2. The van der Waals surface area contributed by atoms with Gasteiger partial charge < -0.3 is 11.1 Å². The van der Waals surface area contributed by atoms with Crippen molar-refractivity contribution in [2.45, 2.75) is 38.5 Å². The van der Waals surface area contributed by atoms with Crippen molar-refractivity contribution in [2.24, 2.45) is 17.6 Å². The first-order valence-electron chi connectivity index (χ1n) is 7.86. The molecule has 0 heterocycles. The molecule has 2 atom stereocenters. The Bertz CT molecular complexity index is 568. The van der Waals surface area contributed by atoms with Crippen molar-refractivity contribution in [3.8, 4) is 0 Å². The van der Waals surface area contributed by atoms with Gasteiger partial charge in [-0.25, -0.2) is 0 Å². The quantitative estimate of drug-likeness (QED) is 0.896. The minimum atomic E-state index is 0.0155. The van der Waals surface area contributed by atoms with E-state index in [2.05, 4.69) is 5.32 Å². The van der Waals surface area contributed by atoms with Crippen molar-refractivity contribution < 1.29 is 9.59 Å². The van der Waals surface area contributed by atoms with Gasteiger partial charge in [0.1, 0.15) is 0 Å². The predicted octanol–water partition coefficient (Wildman–Crippen LogP) is 2.52. The van der Waals surface area contributed by atoms with E-state index in [4.69, 9.17) is 5.73 Å². The van der Waals surface area contributed by atoms with Gasteiger partial charge in [0.2, 0.25) is 5.91 Å². The van der Waals surface area contributed by atoms with E-state index in [0.29, 0.717) is 18.9 Å². The number of nitrogens with one attached hydrogen (secondary N) is 1. The molecule has 21 heavy (non-hydrogen) atoms. The Morgan fingerprint density at radius 3 is 2.90 bits per heavy atom. The Kier molecular flexibility index (Phi) is 4.06. The van der Waals surface area contributed by atoms with Gasteiger partial charge in [0.25, 0.3) is 0 Å². The molecule has 0 radical (unpaired) electrons. The molecule has 0 saturated heterocycles. The van der Waals surface area contributed by atoms with Gasteiger partial charge in [0.05, 0.1) is 0 Å². The molecule has 3 rings (SSSR count). The highest BCUT2D eigenvalue weighted by molar-refractivity contribution is 6.00. The first kappa shape index (κ1) is 14.3. The van der Waals surface area contributed by atoms with E-state index in [0.717, 1.165) is 48.9 Å². The van der Waals surface area contributed by atoms with Crippen molar-refractivity contribution in [1.82, 2.24) is 0 Å². The maximum Gasteiger partial charge on any atom is 0.227 e. The molecule has 0 spiro atoms. The summed E-state index contributed by atoms with van der Waals surface area (Å²) in [5.74, 6) is 0.546. The summed E-state index contributed by atoms with van der Waals surface area (Å²) in [5, 5.41) is 2.97. The van der Waals surface area contributed by atoms with Gasteiger partial charge in [-0.3, -0.25) is 9.59 Å². The molecule has 3 N–H and O–H groups in total. The highest BCUT2D eigenvalue weighted by Gasteiger charge is 2.32. The van der Waals surface area contributed by atoms with Crippen LogP contribution in [0.25, 0.3) is 0 Å². The van der Waals surface area contributed by atoms with Crippen molar-refractivity contribution in [3.63, 3.8) is 0 Å². The highest BCUT2D eigenvalue weighted by atomic mass is 16.2. The van der Waals surface area contributed by atoms with Gasteiger partial charge in [-0.1, -0.05) is 12.5 Å². The van der Waals surface area contributed by atoms with Crippen LogP contribution < -0.4 is 11.1 Å². The third-order valence-electron chi connectivity index (χ3n) is 4.83. The van der Waals surface area contributed by atoms with Gasteiger partial charge in [-0.15, -0.1) is 0 Å². The number of nitrogens with two attached hydrogens (primary N) is 1. The maximum atomic E-state index is 12.4.